The van der Waals surface area contributed by atoms with Crippen molar-refractivity contribution in [3.05, 3.63) is 170 Å². The van der Waals surface area contributed by atoms with E-state index in [1.807, 2.05) is 22.7 Å². The van der Waals surface area contributed by atoms with Crippen LogP contribution < -0.4 is 0 Å². The van der Waals surface area contributed by atoms with Gasteiger partial charge in [0.2, 0.25) is 0 Å². The first kappa shape index (κ1) is 28.5. The number of hydrogen-bond donors (Lipinski definition) is 0. The molecule has 0 unspecified atom stereocenters. The van der Waals surface area contributed by atoms with Gasteiger partial charge >= 0.3 is 0 Å². The summed E-state index contributed by atoms with van der Waals surface area (Å²) < 4.78 is 6.39. The Morgan fingerprint density at radius 3 is 1.58 bits per heavy atom. The van der Waals surface area contributed by atoms with Crippen molar-refractivity contribution in [1.29, 1.82) is 0 Å². The Balaban J connectivity index is 1.32. The highest BCUT2D eigenvalue weighted by atomic mass is 32.1. The van der Waals surface area contributed by atoms with Crippen molar-refractivity contribution in [1.82, 2.24) is 9.13 Å². The van der Waals surface area contributed by atoms with Crippen LogP contribution in [0.4, 0.5) is 0 Å². The molecule has 0 radical (unpaired) electrons. The zero-order chi connectivity index (χ0) is 33.9. The van der Waals surface area contributed by atoms with Crippen molar-refractivity contribution in [3.63, 3.8) is 0 Å². The number of aromatic nitrogens is 2. The zero-order valence-electron chi connectivity index (χ0n) is 27.9. The zero-order valence-corrected chi connectivity index (χ0v) is 29.5. The number of nitrogens with zero attached hydrogens (tertiary/aromatic N) is 2. The smallest absolute Gasteiger partial charge is 0.111 e. The van der Waals surface area contributed by atoms with E-state index < -0.39 is 0 Å². The van der Waals surface area contributed by atoms with Crippen LogP contribution in [0.2, 0.25) is 0 Å². The number of fused-ring (bicyclic) bond motifs is 11. The molecule has 8 aromatic carbocycles. The predicted octanol–water partition coefficient (Wildman–Crippen LogP) is 14.3. The fourth-order valence-electron chi connectivity index (χ4n) is 8.53. The highest BCUT2D eigenvalue weighted by molar-refractivity contribution is 7.26. The van der Waals surface area contributed by atoms with Crippen LogP contribution >= 0.6 is 22.7 Å². The molecule has 4 heterocycles. The summed E-state index contributed by atoms with van der Waals surface area (Å²) >= 11 is 3.81. The van der Waals surface area contributed by atoms with Crippen LogP contribution in [0, 0.1) is 0 Å². The van der Waals surface area contributed by atoms with E-state index in [2.05, 4.69) is 179 Å². The highest BCUT2D eigenvalue weighted by Gasteiger charge is 2.27. The summed E-state index contributed by atoms with van der Waals surface area (Å²) in [6.45, 7) is 0. The largest absolute Gasteiger partial charge is 0.301 e. The number of benzene rings is 8. The van der Waals surface area contributed by atoms with Crippen molar-refractivity contribution >= 4 is 107 Å². The molecule has 0 spiro atoms. The van der Waals surface area contributed by atoms with Crippen molar-refractivity contribution < 1.29 is 0 Å². The molecule has 0 saturated heterocycles. The average molecular weight is 697 g/mol. The molecule has 0 bridgehead atoms. The lowest BCUT2D eigenvalue weighted by Gasteiger charge is -2.11. The van der Waals surface area contributed by atoms with Crippen LogP contribution in [0.5, 0.6) is 0 Å². The molecule has 52 heavy (non-hydrogen) atoms. The third-order valence-electron chi connectivity index (χ3n) is 10.8. The number of hydrogen-bond acceptors (Lipinski definition) is 2. The molecule has 0 saturated carbocycles. The fourth-order valence-corrected chi connectivity index (χ4v) is 11.2. The fraction of sp³-hybridized carbons (Fsp3) is 0. The van der Waals surface area contributed by atoms with E-state index in [0.717, 1.165) is 0 Å². The maximum Gasteiger partial charge on any atom is 0.111 e. The van der Waals surface area contributed by atoms with Gasteiger partial charge in [0, 0.05) is 42.9 Å². The molecule has 0 aliphatic heterocycles. The quantitative estimate of drug-likeness (QED) is 0.163. The van der Waals surface area contributed by atoms with E-state index in [1.165, 1.54) is 106 Å². The molecule has 2 nitrogen and oxygen atoms in total. The molecule has 0 aliphatic rings. The average Bonchev–Trinajstić information content (AvgIpc) is 3.92. The maximum absolute atomic E-state index is 2.60. The highest BCUT2D eigenvalue weighted by Crippen LogP contribution is 2.51. The van der Waals surface area contributed by atoms with Gasteiger partial charge in [-0.05, 0) is 92.5 Å². The standard InChI is InChI=1S/C48H28N2S2/c1-3-13-29(14-4-1)43-37-21-11-12-22-42(37)51-46(43)50-41-28-35-24-31-16-8-7-15-30(31)23-34(35)26-39(41)45-44-38-25-32-17-9-10-18-33(32)27-40(38)49(47(44)52-48(45)50)36-19-5-2-6-20-36/h1-28H. The van der Waals surface area contributed by atoms with Crippen molar-refractivity contribution in [2.24, 2.45) is 0 Å². The maximum atomic E-state index is 2.60. The lowest BCUT2D eigenvalue weighted by molar-refractivity contribution is 1.20. The van der Waals surface area contributed by atoms with Gasteiger partial charge in [-0.1, -0.05) is 127 Å². The number of rotatable bonds is 3. The van der Waals surface area contributed by atoms with Gasteiger partial charge in [-0.3, -0.25) is 4.57 Å². The molecular formula is C48H28N2S2. The van der Waals surface area contributed by atoms with Gasteiger partial charge in [-0.2, -0.15) is 0 Å². The summed E-state index contributed by atoms with van der Waals surface area (Å²) in [5.41, 5.74) is 6.20. The molecule has 0 atom stereocenters. The summed E-state index contributed by atoms with van der Waals surface area (Å²) in [5.74, 6) is 0. The minimum atomic E-state index is 1.18. The normalized spacial score (nSPS) is 12.2. The molecule has 12 aromatic rings. The van der Waals surface area contributed by atoms with Gasteiger partial charge in [-0.15, -0.1) is 11.3 Å². The van der Waals surface area contributed by atoms with E-state index >= 15 is 0 Å². The van der Waals surface area contributed by atoms with Crippen LogP contribution in [0.25, 0.3) is 106 Å². The minimum Gasteiger partial charge on any atom is -0.301 e. The second-order valence-corrected chi connectivity index (χ2v) is 15.8. The molecule has 242 valence electrons. The van der Waals surface area contributed by atoms with Gasteiger partial charge in [-0.25, -0.2) is 0 Å². The van der Waals surface area contributed by atoms with Gasteiger partial charge in [0.15, 0.2) is 0 Å². The summed E-state index contributed by atoms with van der Waals surface area (Å²) in [7, 11) is 0. The first-order valence-corrected chi connectivity index (χ1v) is 19.3. The van der Waals surface area contributed by atoms with Crippen molar-refractivity contribution in [2.75, 3.05) is 0 Å². The predicted molar refractivity (Wildman–Crippen MR) is 226 cm³/mol. The molecular weight excluding hydrogens is 669 g/mol. The third-order valence-corrected chi connectivity index (χ3v) is 13.2. The van der Waals surface area contributed by atoms with Crippen LogP contribution in [0.15, 0.2) is 170 Å². The van der Waals surface area contributed by atoms with E-state index in [4.69, 9.17) is 0 Å². The first-order valence-electron chi connectivity index (χ1n) is 17.7. The molecule has 0 N–H and O–H groups in total. The molecule has 0 aliphatic carbocycles. The van der Waals surface area contributed by atoms with Crippen LogP contribution in [-0.2, 0) is 0 Å². The Hall–Kier alpha value is -6.20. The Labute approximate surface area is 306 Å². The Bertz CT molecular complexity index is 3400. The summed E-state index contributed by atoms with van der Waals surface area (Å²) in [6, 6.07) is 62.7. The molecule has 12 rings (SSSR count). The summed E-state index contributed by atoms with van der Waals surface area (Å²) in [4.78, 5) is 2.56. The first-order chi connectivity index (χ1) is 25.8. The van der Waals surface area contributed by atoms with Gasteiger partial charge in [0.05, 0.1) is 11.0 Å². The third kappa shape index (κ3) is 3.93. The SMILES string of the molecule is c1ccc(-c2c(-n3c4cc5cc6ccccc6cc5cc4c4c5c6cc7ccccc7cc6n(-c6ccccc6)c5sc43)sc3ccccc23)cc1. The lowest BCUT2D eigenvalue weighted by atomic mass is 10.0. The second kappa shape index (κ2) is 10.7. The van der Waals surface area contributed by atoms with Gasteiger partial charge in [0.25, 0.3) is 0 Å². The van der Waals surface area contributed by atoms with Crippen molar-refractivity contribution in [2.45, 2.75) is 0 Å². The molecule has 0 fully saturated rings. The van der Waals surface area contributed by atoms with E-state index in [-0.39, 0.29) is 0 Å². The monoisotopic (exact) mass is 696 g/mol. The Kier molecular flexibility index (Phi) is 5.84. The van der Waals surface area contributed by atoms with E-state index in [0.29, 0.717) is 0 Å². The molecule has 0 amide bonds. The van der Waals surface area contributed by atoms with Gasteiger partial charge < -0.3 is 4.57 Å². The van der Waals surface area contributed by atoms with Crippen LogP contribution in [-0.4, -0.2) is 9.13 Å². The topological polar surface area (TPSA) is 9.86 Å². The van der Waals surface area contributed by atoms with Gasteiger partial charge in [0.1, 0.15) is 14.7 Å². The van der Waals surface area contributed by atoms with E-state index in [9.17, 15) is 0 Å². The Morgan fingerprint density at radius 1 is 0.365 bits per heavy atom. The van der Waals surface area contributed by atoms with Crippen LogP contribution in [0.3, 0.4) is 0 Å². The summed E-state index contributed by atoms with van der Waals surface area (Å²) in [6.07, 6.45) is 0. The minimum absolute atomic E-state index is 1.18. The Morgan fingerprint density at radius 2 is 0.865 bits per heavy atom. The van der Waals surface area contributed by atoms with E-state index in [1.54, 1.807) is 0 Å². The molecule has 4 heteroatoms. The lowest BCUT2D eigenvalue weighted by Crippen LogP contribution is -1.93. The summed E-state index contributed by atoms with van der Waals surface area (Å²) in [5, 5.41) is 15.4. The number of thiophene rings is 2. The van der Waals surface area contributed by atoms with Crippen molar-refractivity contribution in [3.8, 4) is 21.8 Å². The molecule has 4 aromatic heterocycles. The number of para-hydroxylation sites is 1. The van der Waals surface area contributed by atoms with Crippen LogP contribution in [0.1, 0.15) is 0 Å². The second-order valence-electron chi connectivity index (χ2n) is 13.7.